The van der Waals surface area contributed by atoms with Crippen LogP contribution in [0, 0.1) is 0 Å². The van der Waals surface area contributed by atoms with Crippen LogP contribution in [0.15, 0.2) is 66.9 Å². The standard InChI is InChI=1S/C27H26ClN7O4/c1-16(29)27(37)38-11-12-39-33-26(36)20-6-5-19(14-21(20)28)23-8-9-24-25(31-23)35(34-32-24)15-17-4-7-22-18(13-17)3-2-10-30-22/h2-10,13-14,16,32,34H,11-12,15,29H2,1H3,(H,33,36)/t16-/m0/s1. The van der Waals surface area contributed by atoms with Crippen LogP contribution in [0.2, 0.25) is 5.02 Å². The Morgan fingerprint density at radius 3 is 2.82 bits per heavy atom. The number of esters is 1. The highest BCUT2D eigenvalue weighted by Gasteiger charge is 2.22. The van der Waals surface area contributed by atoms with Gasteiger partial charge in [0.25, 0.3) is 5.91 Å². The molecule has 0 unspecified atom stereocenters. The molecule has 2 aromatic heterocycles. The van der Waals surface area contributed by atoms with E-state index in [1.807, 2.05) is 41.4 Å². The average molecular weight is 548 g/mol. The molecule has 3 heterocycles. The maximum absolute atomic E-state index is 12.5. The Kier molecular flexibility index (Phi) is 7.84. The van der Waals surface area contributed by atoms with Crippen molar-refractivity contribution in [3.05, 3.63) is 83.0 Å². The van der Waals surface area contributed by atoms with Gasteiger partial charge in [0.2, 0.25) is 0 Å². The Balaban J connectivity index is 1.24. The van der Waals surface area contributed by atoms with E-state index in [4.69, 9.17) is 31.9 Å². The molecule has 39 heavy (non-hydrogen) atoms. The zero-order valence-electron chi connectivity index (χ0n) is 21.0. The van der Waals surface area contributed by atoms with E-state index in [1.165, 1.54) is 6.92 Å². The number of hydrogen-bond donors (Lipinski definition) is 4. The van der Waals surface area contributed by atoms with Crippen LogP contribution in [0.3, 0.4) is 0 Å². The number of hydroxylamine groups is 1. The number of hydrogen-bond acceptors (Lipinski definition) is 10. The lowest BCUT2D eigenvalue weighted by atomic mass is 10.1. The number of hydrazine groups is 2. The number of aromatic nitrogens is 2. The van der Waals surface area contributed by atoms with Crippen molar-refractivity contribution < 1.29 is 19.2 Å². The Morgan fingerprint density at radius 2 is 2.00 bits per heavy atom. The van der Waals surface area contributed by atoms with Crippen molar-refractivity contribution in [1.82, 2.24) is 21.0 Å². The molecule has 0 saturated carbocycles. The van der Waals surface area contributed by atoms with Gasteiger partial charge in [0.05, 0.1) is 34.0 Å². The molecule has 0 bridgehead atoms. The summed E-state index contributed by atoms with van der Waals surface area (Å²) >= 11 is 6.42. The Bertz CT molecular complexity index is 1530. The molecule has 0 aliphatic carbocycles. The molecule has 1 amide bonds. The lowest BCUT2D eigenvalue weighted by molar-refractivity contribution is -0.146. The van der Waals surface area contributed by atoms with Gasteiger partial charge in [0.15, 0.2) is 5.82 Å². The summed E-state index contributed by atoms with van der Waals surface area (Å²) in [6.07, 6.45) is 1.78. The predicted molar refractivity (Wildman–Crippen MR) is 147 cm³/mol. The van der Waals surface area contributed by atoms with Gasteiger partial charge in [-0.2, -0.15) is 0 Å². The normalized spacial score (nSPS) is 13.1. The molecular weight excluding hydrogens is 522 g/mol. The number of pyridine rings is 2. The van der Waals surface area contributed by atoms with Gasteiger partial charge in [-0.05, 0) is 55.0 Å². The van der Waals surface area contributed by atoms with Crippen LogP contribution in [-0.2, 0) is 20.9 Å². The van der Waals surface area contributed by atoms with E-state index in [1.54, 1.807) is 24.4 Å². The summed E-state index contributed by atoms with van der Waals surface area (Å²) in [4.78, 5) is 38.1. The number of carbonyl (C=O) groups is 2. The fourth-order valence-electron chi connectivity index (χ4n) is 3.96. The molecule has 0 saturated heterocycles. The fourth-order valence-corrected chi connectivity index (χ4v) is 4.23. The second-order valence-electron chi connectivity index (χ2n) is 8.85. The summed E-state index contributed by atoms with van der Waals surface area (Å²) < 4.78 is 4.88. The van der Waals surface area contributed by atoms with Gasteiger partial charge >= 0.3 is 5.97 Å². The van der Waals surface area contributed by atoms with Gasteiger partial charge in [-0.25, -0.2) is 10.5 Å². The van der Waals surface area contributed by atoms with Crippen LogP contribution in [-0.4, -0.2) is 41.1 Å². The molecule has 5 N–H and O–H groups in total. The SMILES string of the molecule is C[C@H](N)C(=O)OCCONC(=O)c1ccc(-c2ccc3c(n2)N(Cc2ccc4ncccc4c2)NN3)cc1Cl. The Morgan fingerprint density at radius 1 is 1.13 bits per heavy atom. The number of fused-ring (bicyclic) bond motifs is 2. The molecule has 4 aromatic rings. The van der Waals surface area contributed by atoms with E-state index < -0.39 is 17.9 Å². The van der Waals surface area contributed by atoms with Crippen LogP contribution >= 0.6 is 11.6 Å². The largest absolute Gasteiger partial charge is 0.462 e. The highest BCUT2D eigenvalue weighted by molar-refractivity contribution is 6.34. The van der Waals surface area contributed by atoms with Crippen LogP contribution in [0.4, 0.5) is 11.5 Å². The molecule has 200 valence electrons. The van der Waals surface area contributed by atoms with Crippen molar-refractivity contribution in [2.75, 3.05) is 23.6 Å². The number of benzene rings is 2. The quantitative estimate of drug-likeness (QED) is 0.140. The molecule has 11 nitrogen and oxygen atoms in total. The molecule has 0 fully saturated rings. The summed E-state index contributed by atoms with van der Waals surface area (Å²) in [6.45, 7) is 2.01. The lowest BCUT2D eigenvalue weighted by Gasteiger charge is -2.18. The second-order valence-corrected chi connectivity index (χ2v) is 9.26. The third-order valence-corrected chi connectivity index (χ3v) is 6.25. The van der Waals surface area contributed by atoms with Crippen molar-refractivity contribution in [3.63, 3.8) is 0 Å². The molecule has 2 aromatic carbocycles. The van der Waals surface area contributed by atoms with Crippen LogP contribution < -0.4 is 27.2 Å². The zero-order valence-corrected chi connectivity index (χ0v) is 21.7. The van der Waals surface area contributed by atoms with Gasteiger partial charge in [-0.15, -0.1) is 5.53 Å². The number of halogens is 1. The predicted octanol–water partition coefficient (Wildman–Crippen LogP) is 3.35. The van der Waals surface area contributed by atoms with E-state index in [-0.39, 0.29) is 23.8 Å². The highest BCUT2D eigenvalue weighted by atomic mass is 35.5. The average Bonchev–Trinajstić information content (AvgIpc) is 3.34. The molecular formula is C27H26ClN7O4. The minimum Gasteiger partial charge on any atom is -0.462 e. The van der Waals surface area contributed by atoms with E-state index in [0.717, 1.165) is 33.5 Å². The molecule has 5 rings (SSSR count). The maximum atomic E-state index is 12.5. The monoisotopic (exact) mass is 547 g/mol. The van der Waals surface area contributed by atoms with Crippen molar-refractivity contribution in [2.45, 2.75) is 19.5 Å². The number of carbonyl (C=O) groups excluding carboxylic acids is 2. The number of ether oxygens (including phenoxy) is 1. The molecule has 1 aliphatic rings. The van der Waals surface area contributed by atoms with Crippen LogP contribution in [0.1, 0.15) is 22.8 Å². The van der Waals surface area contributed by atoms with Gasteiger partial charge in [0, 0.05) is 17.1 Å². The third kappa shape index (κ3) is 6.07. The summed E-state index contributed by atoms with van der Waals surface area (Å²) in [5.41, 5.74) is 18.5. The Hall–Kier alpha value is -4.29. The first-order chi connectivity index (χ1) is 18.9. The number of nitrogens with zero attached hydrogens (tertiary/aromatic N) is 3. The van der Waals surface area contributed by atoms with Gasteiger partial charge in [-0.3, -0.25) is 24.4 Å². The third-order valence-electron chi connectivity index (χ3n) is 5.94. The number of amides is 1. The molecule has 1 atom stereocenters. The topological polar surface area (TPSA) is 144 Å². The van der Waals surface area contributed by atoms with Crippen molar-refractivity contribution in [3.8, 4) is 11.3 Å². The van der Waals surface area contributed by atoms with Crippen molar-refractivity contribution in [1.29, 1.82) is 0 Å². The van der Waals surface area contributed by atoms with Crippen molar-refractivity contribution >= 4 is 45.9 Å². The summed E-state index contributed by atoms with van der Waals surface area (Å²) in [5, 5.41) is 3.22. The number of nitrogens with two attached hydrogens (primary N) is 1. The summed E-state index contributed by atoms with van der Waals surface area (Å²) in [5.74, 6) is -0.350. The first kappa shape index (κ1) is 26.3. The van der Waals surface area contributed by atoms with Crippen LogP contribution in [0.25, 0.3) is 22.2 Å². The first-order valence-electron chi connectivity index (χ1n) is 12.2. The molecule has 0 radical (unpaired) electrons. The van der Waals surface area contributed by atoms with E-state index in [9.17, 15) is 9.59 Å². The number of anilines is 2. The smallest absolute Gasteiger partial charge is 0.322 e. The number of rotatable bonds is 9. The maximum Gasteiger partial charge on any atom is 0.322 e. The fraction of sp³-hybridized carbons (Fsp3) is 0.185. The van der Waals surface area contributed by atoms with Gasteiger partial charge in [-0.1, -0.05) is 29.8 Å². The lowest BCUT2D eigenvalue weighted by Crippen LogP contribution is -2.35. The van der Waals surface area contributed by atoms with E-state index in [2.05, 4.69) is 27.5 Å². The van der Waals surface area contributed by atoms with E-state index in [0.29, 0.717) is 12.2 Å². The molecule has 1 aliphatic heterocycles. The highest BCUT2D eigenvalue weighted by Crippen LogP contribution is 2.32. The number of nitrogens with one attached hydrogen (secondary N) is 3. The van der Waals surface area contributed by atoms with E-state index >= 15 is 0 Å². The van der Waals surface area contributed by atoms with Crippen LogP contribution in [0.5, 0.6) is 0 Å². The summed E-state index contributed by atoms with van der Waals surface area (Å²) in [6, 6.07) is 18.2. The summed E-state index contributed by atoms with van der Waals surface area (Å²) in [7, 11) is 0. The second kappa shape index (κ2) is 11.6. The molecule has 0 spiro atoms. The van der Waals surface area contributed by atoms with Crippen molar-refractivity contribution in [2.24, 2.45) is 5.73 Å². The van der Waals surface area contributed by atoms with Gasteiger partial charge < -0.3 is 15.9 Å². The zero-order chi connectivity index (χ0) is 27.4. The molecule has 12 heteroatoms. The minimum absolute atomic E-state index is 0.0341. The minimum atomic E-state index is -0.727. The van der Waals surface area contributed by atoms with Gasteiger partial charge in [0.1, 0.15) is 19.3 Å². The first-order valence-corrected chi connectivity index (χ1v) is 12.5. The Labute approximate surface area is 229 Å².